The lowest BCUT2D eigenvalue weighted by molar-refractivity contribution is -0.141. The van der Waals surface area contributed by atoms with Crippen LogP contribution in [0.5, 0.6) is 0 Å². The number of allylic oxidation sites excluding steroid dienone is 2. The van der Waals surface area contributed by atoms with E-state index in [1.165, 1.54) is 7.11 Å². The number of ether oxygens (including phenoxy) is 2. The number of benzene rings is 1. The zero-order valence-corrected chi connectivity index (χ0v) is 13.8. The fraction of sp³-hybridized carbons (Fsp3) is 0.375. The van der Waals surface area contributed by atoms with Crippen molar-refractivity contribution in [3.8, 4) is 0 Å². The van der Waals surface area contributed by atoms with Gasteiger partial charge in [-0.15, -0.1) is 0 Å². The summed E-state index contributed by atoms with van der Waals surface area (Å²) in [7, 11) is 1.29. The predicted molar refractivity (Wildman–Crippen MR) is 84.0 cm³/mol. The number of hydrogen-bond donors (Lipinski definition) is 0. The van der Waals surface area contributed by atoms with Gasteiger partial charge in [-0.3, -0.25) is 9.59 Å². The maximum absolute atomic E-state index is 12.3. The molecule has 0 N–H and O–H groups in total. The number of carbonyl (C=O) groups excluding carboxylic acids is 2. The Kier molecular flexibility index (Phi) is 7.75. The van der Waals surface area contributed by atoms with Crippen molar-refractivity contribution in [1.29, 1.82) is 0 Å². The average molecular weight is 355 g/mol. The lowest BCUT2D eigenvalue weighted by Gasteiger charge is -2.13. The van der Waals surface area contributed by atoms with Gasteiger partial charge in [-0.25, -0.2) is 0 Å². The predicted octanol–water partition coefficient (Wildman–Crippen LogP) is 3.39. The highest BCUT2D eigenvalue weighted by Gasteiger charge is 2.23. The fourth-order valence-electron chi connectivity index (χ4n) is 1.63. The van der Waals surface area contributed by atoms with Crippen LogP contribution >= 0.6 is 15.9 Å². The van der Waals surface area contributed by atoms with Crippen LogP contribution < -0.4 is 0 Å². The summed E-state index contributed by atoms with van der Waals surface area (Å²) in [6, 6.07) is 9.59. The van der Waals surface area contributed by atoms with Gasteiger partial charge in [0.1, 0.15) is 6.61 Å². The van der Waals surface area contributed by atoms with E-state index >= 15 is 0 Å². The van der Waals surface area contributed by atoms with Crippen LogP contribution in [0.1, 0.15) is 25.3 Å². The first-order chi connectivity index (χ1) is 10.1. The Balaban J connectivity index is 2.66. The van der Waals surface area contributed by atoms with Gasteiger partial charge in [0.2, 0.25) is 5.78 Å². The molecule has 4 nitrogen and oxygen atoms in total. The Morgan fingerprint density at radius 1 is 1.29 bits per heavy atom. The van der Waals surface area contributed by atoms with E-state index in [1.807, 2.05) is 37.3 Å². The molecule has 0 aliphatic heterocycles. The molecule has 0 amide bonds. The minimum absolute atomic E-state index is 0.0227. The summed E-state index contributed by atoms with van der Waals surface area (Å²) in [6.07, 6.45) is 2.37. The summed E-state index contributed by atoms with van der Waals surface area (Å²) in [4.78, 5) is 22.8. The first-order valence-corrected chi connectivity index (χ1v) is 7.62. The summed E-state index contributed by atoms with van der Waals surface area (Å²) in [5.74, 6) is -0.422. The van der Waals surface area contributed by atoms with Crippen LogP contribution in [0.4, 0.5) is 0 Å². The van der Waals surface area contributed by atoms with E-state index in [0.29, 0.717) is 13.0 Å². The molecule has 1 aromatic rings. The molecule has 1 aromatic carbocycles. The topological polar surface area (TPSA) is 52.6 Å². The minimum atomic E-state index is -0.640. The molecule has 0 aliphatic rings. The fourth-order valence-corrected chi connectivity index (χ4v) is 2.12. The van der Waals surface area contributed by atoms with Crippen LogP contribution in [-0.2, 0) is 25.7 Å². The first kappa shape index (κ1) is 17.4. The quantitative estimate of drug-likeness (QED) is 0.310. The molecule has 1 unspecified atom stereocenters. The Hall–Kier alpha value is -1.62. The maximum Gasteiger partial charge on any atom is 0.307 e. The number of carbonyl (C=O) groups is 2. The molecule has 21 heavy (non-hydrogen) atoms. The van der Waals surface area contributed by atoms with Crippen molar-refractivity contribution in [2.75, 3.05) is 7.11 Å². The van der Waals surface area contributed by atoms with Crippen LogP contribution in [0.2, 0.25) is 0 Å². The number of alkyl halides is 1. The molecule has 0 fully saturated rings. The SMILES string of the molecule is CC/C=C(\OCc1ccccc1)C(=O)C(Br)CC(=O)OC. The number of halogens is 1. The van der Waals surface area contributed by atoms with E-state index < -0.39 is 10.8 Å². The van der Waals surface area contributed by atoms with Crippen LogP contribution in [-0.4, -0.2) is 23.7 Å². The largest absolute Gasteiger partial charge is 0.485 e. The summed E-state index contributed by atoms with van der Waals surface area (Å²) < 4.78 is 10.2. The van der Waals surface area contributed by atoms with Gasteiger partial charge in [0.15, 0.2) is 5.76 Å². The molecule has 1 atom stereocenters. The number of Topliss-reactive ketones (excluding diaryl/α,β-unsaturated/α-hetero) is 1. The van der Waals surface area contributed by atoms with Gasteiger partial charge in [0.25, 0.3) is 0 Å². The van der Waals surface area contributed by atoms with E-state index in [0.717, 1.165) is 5.56 Å². The molecular weight excluding hydrogens is 336 g/mol. The third-order valence-electron chi connectivity index (χ3n) is 2.73. The molecule has 0 spiro atoms. The van der Waals surface area contributed by atoms with Crippen molar-refractivity contribution < 1.29 is 19.1 Å². The Morgan fingerprint density at radius 3 is 2.52 bits per heavy atom. The maximum atomic E-state index is 12.3. The molecule has 0 saturated carbocycles. The van der Waals surface area contributed by atoms with Gasteiger partial charge in [-0.1, -0.05) is 53.2 Å². The van der Waals surface area contributed by atoms with E-state index in [-0.39, 0.29) is 18.0 Å². The molecule has 114 valence electrons. The van der Waals surface area contributed by atoms with Crippen LogP contribution in [0.25, 0.3) is 0 Å². The van der Waals surface area contributed by atoms with Crippen molar-refractivity contribution in [2.45, 2.75) is 31.2 Å². The highest BCUT2D eigenvalue weighted by atomic mass is 79.9. The van der Waals surface area contributed by atoms with E-state index in [2.05, 4.69) is 20.7 Å². The standard InChI is InChI=1S/C16H19BrO4/c1-3-7-14(16(19)13(17)10-15(18)20-2)21-11-12-8-5-4-6-9-12/h4-9,13H,3,10-11H2,1-2H3/b14-7-. The molecule has 0 saturated heterocycles. The Morgan fingerprint density at radius 2 is 1.95 bits per heavy atom. The van der Waals surface area contributed by atoms with Crippen molar-refractivity contribution in [1.82, 2.24) is 0 Å². The first-order valence-electron chi connectivity index (χ1n) is 6.70. The molecule has 0 bridgehead atoms. The zero-order chi connectivity index (χ0) is 15.7. The van der Waals surface area contributed by atoms with Gasteiger partial charge >= 0.3 is 5.97 Å². The second-order valence-corrected chi connectivity index (χ2v) is 5.47. The molecular formula is C16H19BrO4. The third-order valence-corrected chi connectivity index (χ3v) is 3.47. The Bertz CT molecular complexity index is 496. The number of methoxy groups -OCH3 is 1. The minimum Gasteiger partial charge on any atom is -0.485 e. The number of hydrogen-bond acceptors (Lipinski definition) is 4. The smallest absolute Gasteiger partial charge is 0.307 e. The van der Waals surface area contributed by atoms with Gasteiger partial charge in [0.05, 0.1) is 18.4 Å². The molecule has 0 aromatic heterocycles. The van der Waals surface area contributed by atoms with Gasteiger partial charge in [-0.2, -0.15) is 0 Å². The zero-order valence-electron chi connectivity index (χ0n) is 12.2. The molecule has 0 heterocycles. The van der Waals surface area contributed by atoms with Crippen LogP contribution in [0, 0.1) is 0 Å². The summed E-state index contributed by atoms with van der Waals surface area (Å²) in [6.45, 7) is 2.24. The third kappa shape index (κ3) is 6.12. The monoisotopic (exact) mass is 354 g/mol. The lowest BCUT2D eigenvalue weighted by atomic mass is 10.1. The summed E-state index contributed by atoms with van der Waals surface area (Å²) in [5, 5.41) is 0. The van der Waals surface area contributed by atoms with Crippen molar-refractivity contribution in [3.05, 3.63) is 47.7 Å². The number of rotatable bonds is 8. The van der Waals surface area contributed by atoms with Crippen molar-refractivity contribution >= 4 is 27.7 Å². The van der Waals surface area contributed by atoms with Crippen LogP contribution in [0.15, 0.2) is 42.2 Å². The van der Waals surface area contributed by atoms with Crippen molar-refractivity contribution in [3.63, 3.8) is 0 Å². The van der Waals surface area contributed by atoms with E-state index in [4.69, 9.17) is 4.74 Å². The van der Waals surface area contributed by atoms with Gasteiger partial charge in [-0.05, 0) is 18.1 Å². The average Bonchev–Trinajstić information content (AvgIpc) is 2.51. The highest BCUT2D eigenvalue weighted by molar-refractivity contribution is 9.10. The second kappa shape index (κ2) is 9.34. The lowest BCUT2D eigenvalue weighted by Crippen LogP contribution is -2.22. The van der Waals surface area contributed by atoms with E-state index in [1.54, 1.807) is 6.08 Å². The van der Waals surface area contributed by atoms with Gasteiger partial charge < -0.3 is 9.47 Å². The summed E-state index contributed by atoms with van der Waals surface area (Å²) in [5.41, 5.74) is 0.978. The molecule has 5 heteroatoms. The number of ketones is 1. The Labute approximate surface area is 133 Å². The molecule has 0 radical (unpaired) electrons. The molecule has 0 aliphatic carbocycles. The molecule has 1 rings (SSSR count). The normalized spacial score (nSPS) is 12.6. The van der Waals surface area contributed by atoms with Crippen molar-refractivity contribution in [2.24, 2.45) is 0 Å². The van der Waals surface area contributed by atoms with Gasteiger partial charge in [0, 0.05) is 0 Å². The second-order valence-electron chi connectivity index (χ2n) is 4.36. The summed E-state index contributed by atoms with van der Waals surface area (Å²) >= 11 is 3.21. The number of esters is 1. The van der Waals surface area contributed by atoms with E-state index in [9.17, 15) is 9.59 Å². The van der Waals surface area contributed by atoms with Crippen LogP contribution in [0.3, 0.4) is 0 Å². The highest BCUT2D eigenvalue weighted by Crippen LogP contribution is 2.16.